The quantitative estimate of drug-likeness (QED) is 0.681. The number of amides is 1. The molecule has 1 aromatic carbocycles. The molecule has 1 aromatic heterocycles. The summed E-state index contributed by atoms with van der Waals surface area (Å²) in [5.74, 6) is 0.0238. The van der Waals surface area contributed by atoms with Crippen molar-refractivity contribution in [2.24, 2.45) is 16.0 Å². The molecule has 0 unspecified atom stereocenters. The lowest BCUT2D eigenvalue weighted by molar-refractivity contribution is -0.114. The van der Waals surface area contributed by atoms with Gasteiger partial charge < -0.3 is 4.57 Å². The van der Waals surface area contributed by atoms with Crippen LogP contribution in [0.3, 0.4) is 0 Å². The Bertz CT molecular complexity index is 1110. The van der Waals surface area contributed by atoms with E-state index in [1.807, 2.05) is 38.1 Å². The van der Waals surface area contributed by atoms with Gasteiger partial charge in [-0.05, 0) is 68.3 Å². The van der Waals surface area contributed by atoms with E-state index in [-0.39, 0.29) is 17.3 Å². The second-order valence-corrected chi connectivity index (χ2v) is 8.46. The molecule has 0 atom stereocenters. The Morgan fingerprint density at radius 1 is 1.17 bits per heavy atom. The predicted molar refractivity (Wildman–Crippen MR) is 124 cm³/mol. The van der Waals surface area contributed by atoms with Crippen molar-refractivity contribution < 1.29 is 4.79 Å². The van der Waals surface area contributed by atoms with Gasteiger partial charge in [-0.15, -0.1) is 0 Å². The number of aryl methyl sites for hydroxylation is 1. The number of hydrogen-bond donors (Lipinski definition) is 1. The van der Waals surface area contributed by atoms with E-state index in [1.54, 1.807) is 6.08 Å². The summed E-state index contributed by atoms with van der Waals surface area (Å²) in [6.45, 7) is 8.31. The number of aliphatic imine (C=N–C) groups is 1. The molecule has 2 aromatic rings. The summed E-state index contributed by atoms with van der Waals surface area (Å²) in [7, 11) is 0. The minimum absolute atomic E-state index is 0.0861. The molecule has 2 aliphatic heterocycles. The first-order chi connectivity index (χ1) is 14.4. The Labute approximate surface area is 180 Å². The SMILES string of the molecule is CCC(CC)C1=NN2C(=N)/C(=C\c3cc(C)n(-c4ccccc4)c3C)C(=O)N=C2S1. The van der Waals surface area contributed by atoms with Gasteiger partial charge in [0, 0.05) is 23.0 Å². The number of carbonyl (C=O) groups excluding carboxylic acids is 1. The minimum atomic E-state index is -0.385. The number of para-hydroxylation sites is 1. The zero-order valence-corrected chi connectivity index (χ0v) is 18.5. The van der Waals surface area contributed by atoms with E-state index >= 15 is 0 Å². The normalized spacial score (nSPS) is 17.6. The molecule has 154 valence electrons. The molecule has 3 heterocycles. The zero-order valence-electron chi connectivity index (χ0n) is 17.6. The standard InChI is InChI=1S/C23H25N5OS/c1-5-16(6-2)22-26-28-20(24)19(21(29)25-23(28)30-22)13-17-12-14(3)27(15(17)4)18-10-8-7-9-11-18/h7-13,16,24H,5-6H2,1-4H3/b19-13+,24-20?. The van der Waals surface area contributed by atoms with Crippen LogP contribution in [-0.2, 0) is 4.79 Å². The lowest BCUT2D eigenvalue weighted by Crippen LogP contribution is -2.35. The summed E-state index contributed by atoms with van der Waals surface area (Å²) in [4.78, 5) is 17.0. The molecule has 0 saturated heterocycles. The van der Waals surface area contributed by atoms with Gasteiger partial charge in [-0.2, -0.15) is 15.1 Å². The van der Waals surface area contributed by atoms with E-state index in [0.717, 1.165) is 40.5 Å². The Morgan fingerprint density at radius 2 is 1.87 bits per heavy atom. The number of hydrogen-bond acceptors (Lipinski definition) is 4. The number of nitrogens with one attached hydrogen (secondary N) is 1. The van der Waals surface area contributed by atoms with E-state index < -0.39 is 0 Å². The molecular formula is C23H25N5OS. The fourth-order valence-electron chi connectivity index (χ4n) is 3.87. The highest BCUT2D eigenvalue weighted by Crippen LogP contribution is 2.33. The van der Waals surface area contributed by atoms with Crippen LogP contribution in [0.25, 0.3) is 11.8 Å². The number of rotatable bonds is 5. The van der Waals surface area contributed by atoms with Crippen LogP contribution in [0, 0.1) is 25.2 Å². The van der Waals surface area contributed by atoms with Crippen LogP contribution in [0.15, 0.2) is 52.1 Å². The van der Waals surface area contributed by atoms with Crippen LogP contribution < -0.4 is 0 Å². The highest BCUT2D eigenvalue weighted by molar-refractivity contribution is 8.27. The fourth-order valence-corrected chi connectivity index (χ4v) is 5.03. The molecule has 0 bridgehead atoms. The largest absolute Gasteiger partial charge is 0.318 e. The second kappa shape index (κ2) is 8.07. The number of fused-ring (bicyclic) bond motifs is 1. The summed E-state index contributed by atoms with van der Waals surface area (Å²) < 4.78 is 2.15. The van der Waals surface area contributed by atoms with E-state index in [0.29, 0.717) is 11.1 Å². The van der Waals surface area contributed by atoms with Crippen molar-refractivity contribution >= 4 is 39.8 Å². The average molecular weight is 420 g/mol. The third-order valence-corrected chi connectivity index (χ3v) is 6.66. The van der Waals surface area contributed by atoms with Gasteiger partial charge in [0.05, 0.1) is 5.57 Å². The van der Waals surface area contributed by atoms with E-state index in [9.17, 15) is 4.79 Å². The minimum Gasteiger partial charge on any atom is -0.318 e. The van der Waals surface area contributed by atoms with Crippen molar-refractivity contribution in [1.82, 2.24) is 9.58 Å². The summed E-state index contributed by atoms with van der Waals surface area (Å²) in [5, 5.41) is 16.2. The number of aromatic nitrogens is 1. The lowest BCUT2D eigenvalue weighted by atomic mass is 10.1. The van der Waals surface area contributed by atoms with Crippen molar-refractivity contribution in [3.8, 4) is 5.69 Å². The second-order valence-electron chi connectivity index (χ2n) is 7.47. The monoisotopic (exact) mass is 419 g/mol. The maximum absolute atomic E-state index is 12.7. The highest BCUT2D eigenvalue weighted by Gasteiger charge is 2.37. The number of benzene rings is 1. The van der Waals surface area contributed by atoms with Gasteiger partial charge >= 0.3 is 0 Å². The topological polar surface area (TPSA) is 73.8 Å². The molecule has 0 saturated carbocycles. The molecule has 0 spiro atoms. The first-order valence-corrected chi connectivity index (χ1v) is 11.0. The zero-order chi connectivity index (χ0) is 21.4. The van der Waals surface area contributed by atoms with Crippen LogP contribution in [0.5, 0.6) is 0 Å². The molecule has 30 heavy (non-hydrogen) atoms. The molecule has 0 radical (unpaired) electrons. The molecule has 7 heteroatoms. The number of thioether (sulfide) groups is 1. The first-order valence-electron chi connectivity index (χ1n) is 10.2. The Hall–Kier alpha value is -2.93. The van der Waals surface area contributed by atoms with Crippen molar-refractivity contribution in [3.05, 3.63) is 58.9 Å². The van der Waals surface area contributed by atoms with Gasteiger partial charge in [0.1, 0.15) is 5.04 Å². The van der Waals surface area contributed by atoms with E-state index in [2.05, 4.69) is 40.6 Å². The molecule has 1 N–H and O–H groups in total. The van der Waals surface area contributed by atoms with Crippen LogP contribution in [0.1, 0.15) is 43.6 Å². The number of hydrazone groups is 1. The Kier molecular flexibility index (Phi) is 5.47. The Morgan fingerprint density at radius 3 is 2.53 bits per heavy atom. The molecule has 0 fully saturated rings. The molecule has 2 aliphatic rings. The molecule has 4 rings (SSSR count). The van der Waals surface area contributed by atoms with E-state index in [4.69, 9.17) is 5.41 Å². The molecule has 1 amide bonds. The smallest absolute Gasteiger partial charge is 0.283 e. The fraction of sp³-hybridized carbons (Fsp3) is 0.304. The van der Waals surface area contributed by atoms with Crippen LogP contribution in [0.4, 0.5) is 0 Å². The first kappa shape index (κ1) is 20.3. The van der Waals surface area contributed by atoms with E-state index in [1.165, 1.54) is 16.8 Å². The highest BCUT2D eigenvalue weighted by atomic mass is 32.2. The molecule has 0 aliphatic carbocycles. The van der Waals surface area contributed by atoms with Gasteiger partial charge in [-0.25, -0.2) is 0 Å². The third kappa shape index (κ3) is 3.43. The maximum atomic E-state index is 12.7. The van der Waals surface area contributed by atoms with Crippen molar-refractivity contribution in [3.63, 3.8) is 0 Å². The third-order valence-electron chi connectivity index (χ3n) is 5.59. The van der Waals surface area contributed by atoms with Crippen LogP contribution in [-0.4, -0.2) is 31.5 Å². The predicted octanol–water partition coefficient (Wildman–Crippen LogP) is 5.15. The number of carbonyl (C=O) groups is 1. The maximum Gasteiger partial charge on any atom is 0.283 e. The molecular weight excluding hydrogens is 394 g/mol. The number of nitrogens with zero attached hydrogens (tertiary/aromatic N) is 4. The van der Waals surface area contributed by atoms with Gasteiger partial charge in [-0.3, -0.25) is 10.2 Å². The van der Waals surface area contributed by atoms with Gasteiger partial charge in [0.2, 0.25) is 5.17 Å². The summed E-state index contributed by atoms with van der Waals surface area (Å²) in [6.07, 6.45) is 3.71. The molecule has 6 nitrogen and oxygen atoms in total. The van der Waals surface area contributed by atoms with Crippen LogP contribution in [0.2, 0.25) is 0 Å². The van der Waals surface area contributed by atoms with Crippen molar-refractivity contribution in [1.29, 1.82) is 5.41 Å². The van der Waals surface area contributed by atoms with Crippen molar-refractivity contribution in [2.75, 3.05) is 0 Å². The summed E-state index contributed by atoms with van der Waals surface area (Å²) in [6, 6.07) is 12.1. The van der Waals surface area contributed by atoms with Crippen LogP contribution >= 0.6 is 11.8 Å². The Balaban J connectivity index is 1.71. The number of amidine groups is 2. The van der Waals surface area contributed by atoms with Gasteiger partial charge in [-0.1, -0.05) is 32.0 Å². The van der Waals surface area contributed by atoms with Gasteiger partial charge in [0.25, 0.3) is 5.91 Å². The van der Waals surface area contributed by atoms with Crippen molar-refractivity contribution in [2.45, 2.75) is 40.5 Å². The summed E-state index contributed by atoms with van der Waals surface area (Å²) in [5.41, 5.74) is 4.31. The average Bonchev–Trinajstić information content (AvgIpc) is 3.27. The lowest BCUT2D eigenvalue weighted by Gasteiger charge is -2.20. The summed E-state index contributed by atoms with van der Waals surface area (Å²) >= 11 is 1.41. The van der Waals surface area contributed by atoms with Gasteiger partial charge in [0.15, 0.2) is 5.84 Å².